The number of hydrogen-bond acceptors (Lipinski definition) is 8. The molecule has 0 bridgehead atoms. The first kappa shape index (κ1) is 22.6. The van der Waals surface area contributed by atoms with Gasteiger partial charge in [-0.15, -0.1) is 4.68 Å². The van der Waals surface area contributed by atoms with Gasteiger partial charge in [0.2, 0.25) is 0 Å². The molecular formula is C19H23N3O5S2. The van der Waals surface area contributed by atoms with Crippen LogP contribution in [-0.2, 0) is 14.9 Å². The number of carbonyl (C=O) groups excluding carboxylic acids is 1. The minimum absolute atomic E-state index is 0.0851. The Bertz CT molecular complexity index is 1150. The third kappa shape index (κ3) is 5.22. The monoisotopic (exact) mass is 437 g/mol. The predicted octanol–water partition coefficient (Wildman–Crippen LogP) is 2.18. The van der Waals surface area contributed by atoms with Crippen molar-refractivity contribution in [1.82, 2.24) is 0 Å². The number of nitrogens with two attached hydrogens (primary N) is 2. The number of benzene rings is 2. The van der Waals surface area contributed by atoms with Crippen molar-refractivity contribution in [2.45, 2.75) is 32.6 Å². The van der Waals surface area contributed by atoms with E-state index in [1.54, 1.807) is 51.1 Å². The highest BCUT2D eigenvalue weighted by molar-refractivity contribution is 7.85. The number of hydrogen-bond donors (Lipinski definition) is 2. The number of thiazole rings is 1. The molecule has 4 N–H and O–H groups in total. The molecule has 2 aromatic carbocycles. The van der Waals surface area contributed by atoms with Crippen molar-refractivity contribution in [2.24, 2.45) is 0 Å². The van der Waals surface area contributed by atoms with Gasteiger partial charge in [-0.25, -0.2) is 13.2 Å². The van der Waals surface area contributed by atoms with Gasteiger partial charge in [-0.1, -0.05) is 17.7 Å². The number of carbonyl (C=O) groups is 1. The fourth-order valence-electron chi connectivity index (χ4n) is 2.98. The molecule has 29 heavy (non-hydrogen) atoms. The van der Waals surface area contributed by atoms with Crippen LogP contribution in [0.25, 0.3) is 10.2 Å². The molecular weight excluding hydrogens is 414 g/mol. The lowest BCUT2D eigenvalue weighted by molar-refractivity contribution is -0.591. The van der Waals surface area contributed by atoms with Crippen LogP contribution in [0, 0.1) is 20.8 Å². The number of nitrogens with zero attached hydrogens (tertiary/aromatic N) is 1. The first-order valence-electron chi connectivity index (χ1n) is 8.65. The van der Waals surface area contributed by atoms with Crippen molar-refractivity contribution in [3.8, 4) is 0 Å². The fourth-order valence-corrected chi connectivity index (χ4v) is 4.76. The van der Waals surface area contributed by atoms with Gasteiger partial charge < -0.3 is 9.29 Å². The van der Waals surface area contributed by atoms with Gasteiger partial charge in [-0.3, -0.25) is 11.6 Å². The van der Waals surface area contributed by atoms with Gasteiger partial charge in [0.05, 0.1) is 21.8 Å². The zero-order valence-electron chi connectivity index (χ0n) is 16.6. The highest BCUT2D eigenvalue weighted by Gasteiger charge is 2.15. The summed E-state index contributed by atoms with van der Waals surface area (Å²) in [7, 11) is -4.33. The minimum Gasteiger partial charge on any atom is -0.744 e. The highest BCUT2D eigenvalue weighted by atomic mass is 32.2. The van der Waals surface area contributed by atoms with Gasteiger partial charge in [0.15, 0.2) is 5.52 Å². The molecule has 1 heterocycles. The van der Waals surface area contributed by atoms with Crippen LogP contribution in [0.15, 0.2) is 35.2 Å². The van der Waals surface area contributed by atoms with E-state index in [1.165, 1.54) is 16.0 Å². The van der Waals surface area contributed by atoms with Crippen molar-refractivity contribution >= 4 is 42.8 Å². The third-order valence-corrected chi connectivity index (χ3v) is 6.13. The number of anilines is 1. The lowest BCUT2D eigenvalue weighted by Gasteiger charge is -2.14. The van der Waals surface area contributed by atoms with Gasteiger partial charge in [-0.2, -0.15) is 0 Å². The van der Waals surface area contributed by atoms with Crippen LogP contribution < -0.4 is 16.3 Å². The van der Waals surface area contributed by atoms with Crippen LogP contribution in [-0.4, -0.2) is 25.5 Å². The molecule has 0 saturated heterocycles. The molecule has 0 atom stereocenters. The standard InChI is InChI=1S/C10H11N3O2S.C9H12O3S/c1-2-15-9(14)6-3-4-7-8(5-6)16-10(11)13(7)12;1-6-4-7(2)9(8(3)5-6)13(10,11)12/h3-5,11H,2,12H2,1H3;4-5H,1-3H3,(H,10,11,12). The Morgan fingerprint density at radius 2 is 1.76 bits per heavy atom. The third-order valence-electron chi connectivity index (χ3n) is 4.04. The fraction of sp³-hybridized carbons (Fsp3) is 0.263. The summed E-state index contributed by atoms with van der Waals surface area (Å²) in [5, 5.41) is 0.496. The molecule has 0 aliphatic rings. The summed E-state index contributed by atoms with van der Waals surface area (Å²) in [6, 6.07) is 8.55. The quantitative estimate of drug-likeness (QED) is 0.277. The predicted molar refractivity (Wildman–Crippen MR) is 111 cm³/mol. The number of rotatable bonds is 3. The molecule has 0 amide bonds. The van der Waals surface area contributed by atoms with E-state index in [0.29, 0.717) is 28.4 Å². The molecule has 0 spiro atoms. The van der Waals surface area contributed by atoms with Crippen LogP contribution in [0.1, 0.15) is 34.0 Å². The zero-order valence-corrected chi connectivity index (χ0v) is 18.2. The maximum atomic E-state index is 11.5. The lowest BCUT2D eigenvalue weighted by Crippen LogP contribution is -2.45. The molecule has 3 rings (SSSR count). The number of aryl methyl sites for hydroxylation is 3. The number of ether oxygens (including phenoxy) is 1. The molecule has 0 fully saturated rings. The number of nitrogen functional groups attached to an aromatic ring is 2. The average molecular weight is 438 g/mol. The van der Waals surface area contributed by atoms with Crippen LogP contribution in [0.3, 0.4) is 0 Å². The molecule has 0 aliphatic carbocycles. The first-order valence-corrected chi connectivity index (χ1v) is 10.9. The maximum Gasteiger partial charge on any atom is 0.356 e. The maximum absolute atomic E-state index is 11.5. The minimum atomic E-state index is -4.33. The summed E-state index contributed by atoms with van der Waals surface area (Å²) in [5.74, 6) is 5.38. The van der Waals surface area contributed by atoms with Gasteiger partial charge in [0.25, 0.3) is 0 Å². The highest BCUT2D eigenvalue weighted by Crippen LogP contribution is 2.22. The van der Waals surface area contributed by atoms with Crippen LogP contribution in [0.2, 0.25) is 0 Å². The van der Waals surface area contributed by atoms with E-state index in [1.807, 2.05) is 6.92 Å². The molecule has 0 radical (unpaired) electrons. The Labute approximate surface area is 173 Å². The number of aromatic nitrogens is 1. The van der Waals surface area contributed by atoms with Gasteiger partial charge in [0, 0.05) is 0 Å². The Kier molecular flexibility index (Phi) is 6.83. The van der Waals surface area contributed by atoms with E-state index in [2.05, 4.69) is 0 Å². The van der Waals surface area contributed by atoms with Gasteiger partial charge >= 0.3 is 11.1 Å². The summed E-state index contributed by atoms with van der Waals surface area (Å²) < 4.78 is 39.7. The molecule has 0 aliphatic heterocycles. The molecule has 8 nitrogen and oxygen atoms in total. The normalized spacial score (nSPS) is 11.1. The molecule has 0 saturated carbocycles. The first-order chi connectivity index (χ1) is 13.5. The molecule has 10 heteroatoms. The van der Waals surface area contributed by atoms with Crippen molar-refractivity contribution in [2.75, 3.05) is 18.2 Å². The second kappa shape index (κ2) is 8.76. The van der Waals surface area contributed by atoms with Crippen molar-refractivity contribution in [3.63, 3.8) is 0 Å². The van der Waals surface area contributed by atoms with E-state index in [-0.39, 0.29) is 10.9 Å². The van der Waals surface area contributed by atoms with E-state index < -0.39 is 10.1 Å². The van der Waals surface area contributed by atoms with Crippen molar-refractivity contribution in [1.29, 1.82) is 0 Å². The Morgan fingerprint density at radius 3 is 2.28 bits per heavy atom. The molecule has 0 unspecified atom stereocenters. The molecule has 156 valence electrons. The lowest BCUT2D eigenvalue weighted by atomic mass is 10.1. The van der Waals surface area contributed by atoms with E-state index in [9.17, 15) is 17.8 Å². The summed E-state index contributed by atoms with van der Waals surface area (Å²) in [5.41, 5.74) is 8.99. The second-order valence-electron chi connectivity index (χ2n) is 6.40. The van der Waals surface area contributed by atoms with Crippen LogP contribution in [0.4, 0.5) is 5.13 Å². The van der Waals surface area contributed by atoms with Gasteiger partial charge in [0.1, 0.15) is 10.1 Å². The smallest absolute Gasteiger partial charge is 0.356 e. The van der Waals surface area contributed by atoms with E-state index in [0.717, 1.165) is 15.8 Å². The largest absolute Gasteiger partial charge is 0.744 e. The van der Waals surface area contributed by atoms with Crippen LogP contribution >= 0.6 is 11.3 Å². The zero-order chi connectivity index (χ0) is 21.9. The summed E-state index contributed by atoms with van der Waals surface area (Å²) in [6.45, 7) is 7.25. The second-order valence-corrected chi connectivity index (χ2v) is 8.77. The summed E-state index contributed by atoms with van der Waals surface area (Å²) in [4.78, 5) is 11.4. The Hall–Kier alpha value is -2.69. The van der Waals surface area contributed by atoms with Gasteiger partial charge in [-0.05, 0) is 68.4 Å². The summed E-state index contributed by atoms with van der Waals surface area (Å²) in [6.07, 6.45) is 0. The van der Waals surface area contributed by atoms with E-state index in [4.69, 9.17) is 16.3 Å². The Balaban J connectivity index is 0.000000212. The summed E-state index contributed by atoms with van der Waals surface area (Å²) >= 11 is 1.34. The topological polar surface area (TPSA) is 139 Å². The van der Waals surface area contributed by atoms with Crippen molar-refractivity contribution in [3.05, 3.63) is 52.6 Å². The molecule has 1 aromatic heterocycles. The Morgan fingerprint density at radius 1 is 1.17 bits per heavy atom. The van der Waals surface area contributed by atoms with Crippen molar-refractivity contribution < 1.29 is 27.2 Å². The number of esters is 1. The van der Waals surface area contributed by atoms with E-state index >= 15 is 0 Å². The number of fused-ring (bicyclic) bond motifs is 1. The molecule has 3 aromatic rings. The SMILES string of the molecule is CCOC(=O)c1ccc2c(c1)sc(N)[n+]2N.Cc1cc(C)c(S(=O)(=O)[O-])c(C)c1. The van der Waals surface area contributed by atoms with Crippen LogP contribution in [0.5, 0.6) is 0 Å². The average Bonchev–Trinajstić information content (AvgIpc) is 2.87.